The lowest BCUT2D eigenvalue weighted by atomic mass is 10.0. The Bertz CT molecular complexity index is 135. The molecule has 2 N–H and O–H groups in total. The van der Waals surface area contributed by atoms with E-state index in [0.717, 1.165) is 25.7 Å². The first-order chi connectivity index (χ1) is 5.62. The third kappa shape index (κ3) is 3.03. The van der Waals surface area contributed by atoms with Gasteiger partial charge in [0.05, 0.1) is 12.1 Å². The molecule has 1 aliphatic rings. The van der Waals surface area contributed by atoms with E-state index in [1.54, 1.807) is 0 Å². The molecule has 0 spiro atoms. The SMILES string of the molecule is OC1(CNCC(F)F)CCCC1. The fraction of sp³-hybridized carbons (Fsp3) is 1.00. The Hall–Kier alpha value is -0.220. The number of halogens is 2. The maximum Gasteiger partial charge on any atom is 0.250 e. The number of aliphatic hydroxyl groups is 1. The van der Waals surface area contributed by atoms with Crippen molar-refractivity contribution in [1.82, 2.24) is 5.32 Å². The Morgan fingerprint density at radius 1 is 1.33 bits per heavy atom. The van der Waals surface area contributed by atoms with Crippen molar-refractivity contribution in [2.24, 2.45) is 0 Å². The minimum Gasteiger partial charge on any atom is -0.389 e. The molecule has 0 saturated heterocycles. The fourth-order valence-corrected chi connectivity index (χ4v) is 1.62. The molecule has 1 saturated carbocycles. The van der Waals surface area contributed by atoms with Crippen LogP contribution in [0.4, 0.5) is 8.78 Å². The van der Waals surface area contributed by atoms with Gasteiger partial charge in [0.2, 0.25) is 0 Å². The predicted octanol–water partition coefficient (Wildman–Crippen LogP) is 1.15. The normalized spacial score (nSPS) is 22.0. The standard InChI is InChI=1S/C8H15F2NO/c9-7(10)5-11-6-8(12)3-1-2-4-8/h7,11-12H,1-6H2. The zero-order valence-corrected chi connectivity index (χ0v) is 7.02. The van der Waals surface area contributed by atoms with E-state index in [1.807, 2.05) is 0 Å². The van der Waals surface area contributed by atoms with Crippen molar-refractivity contribution in [3.05, 3.63) is 0 Å². The van der Waals surface area contributed by atoms with E-state index in [2.05, 4.69) is 5.32 Å². The van der Waals surface area contributed by atoms with Gasteiger partial charge >= 0.3 is 0 Å². The summed E-state index contributed by atoms with van der Waals surface area (Å²) < 4.78 is 23.4. The van der Waals surface area contributed by atoms with Crippen molar-refractivity contribution < 1.29 is 13.9 Å². The summed E-state index contributed by atoms with van der Waals surface area (Å²) in [5, 5.41) is 12.3. The van der Waals surface area contributed by atoms with Crippen LogP contribution >= 0.6 is 0 Å². The first kappa shape index (κ1) is 9.86. The van der Waals surface area contributed by atoms with Gasteiger partial charge in [-0.3, -0.25) is 0 Å². The van der Waals surface area contributed by atoms with Gasteiger partial charge in [-0.15, -0.1) is 0 Å². The summed E-state index contributed by atoms with van der Waals surface area (Å²) in [5.74, 6) is 0. The average Bonchev–Trinajstić information content (AvgIpc) is 2.35. The van der Waals surface area contributed by atoms with E-state index in [0.29, 0.717) is 6.54 Å². The lowest BCUT2D eigenvalue weighted by Crippen LogP contribution is -2.39. The van der Waals surface area contributed by atoms with Crippen molar-refractivity contribution in [3.63, 3.8) is 0 Å². The van der Waals surface area contributed by atoms with E-state index >= 15 is 0 Å². The summed E-state index contributed by atoms with van der Waals surface area (Å²) >= 11 is 0. The zero-order chi connectivity index (χ0) is 9.03. The quantitative estimate of drug-likeness (QED) is 0.678. The highest BCUT2D eigenvalue weighted by Gasteiger charge is 2.30. The Labute approximate surface area is 71.0 Å². The van der Waals surface area contributed by atoms with Gasteiger partial charge < -0.3 is 10.4 Å². The molecule has 2 nitrogen and oxygen atoms in total. The number of hydrogen-bond acceptors (Lipinski definition) is 2. The maximum absolute atomic E-state index is 11.7. The minimum absolute atomic E-state index is 0.303. The number of hydrogen-bond donors (Lipinski definition) is 2. The van der Waals surface area contributed by atoms with Crippen molar-refractivity contribution in [3.8, 4) is 0 Å². The van der Waals surface area contributed by atoms with Crippen LogP contribution < -0.4 is 5.32 Å². The Balaban J connectivity index is 2.13. The molecule has 72 valence electrons. The zero-order valence-electron chi connectivity index (χ0n) is 7.02. The average molecular weight is 179 g/mol. The highest BCUT2D eigenvalue weighted by Crippen LogP contribution is 2.28. The van der Waals surface area contributed by atoms with Crippen LogP contribution in [0.2, 0.25) is 0 Å². The Morgan fingerprint density at radius 3 is 2.42 bits per heavy atom. The van der Waals surface area contributed by atoms with E-state index in [1.165, 1.54) is 0 Å². The fourth-order valence-electron chi connectivity index (χ4n) is 1.62. The van der Waals surface area contributed by atoms with Crippen molar-refractivity contribution in [2.75, 3.05) is 13.1 Å². The van der Waals surface area contributed by atoms with Crippen LogP contribution in [0.1, 0.15) is 25.7 Å². The number of alkyl halides is 2. The summed E-state index contributed by atoms with van der Waals surface area (Å²) in [6.07, 6.45) is 1.17. The summed E-state index contributed by atoms with van der Waals surface area (Å²) in [4.78, 5) is 0. The van der Waals surface area contributed by atoms with Crippen LogP contribution in [-0.4, -0.2) is 30.2 Å². The molecule has 1 aliphatic carbocycles. The predicted molar refractivity (Wildman–Crippen MR) is 42.3 cm³/mol. The number of rotatable bonds is 4. The second kappa shape index (κ2) is 4.14. The summed E-state index contributed by atoms with van der Waals surface area (Å²) in [6, 6.07) is 0. The third-order valence-corrected chi connectivity index (χ3v) is 2.29. The molecule has 0 aromatic carbocycles. The van der Waals surface area contributed by atoms with Gasteiger partial charge in [0, 0.05) is 6.54 Å². The minimum atomic E-state index is -2.32. The van der Waals surface area contributed by atoms with Crippen LogP contribution in [0, 0.1) is 0 Å². The Kier molecular flexibility index (Phi) is 3.40. The van der Waals surface area contributed by atoms with Crippen LogP contribution in [0.15, 0.2) is 0 Å². The molecule has 0 heterocycles. The van der Waals surface area contributed by atoms with Crippen LogP contribution in [0.25, 0.3) is 0 Å². The van der Waals surface area contributed by atoms with Gasteiger partial charge in [0.25, 0.3) is 6.43 Å². The molecule has 0 aromatic rings. The van der Waals surface area contributed by atoms with Gasteiger partial charge in [-0.05, 0) is 12.8 Å². The highest BCUT2D eigenvalue weighted by molar-refractivity contribution is 4.86. The molecular weight excluding hydrogens is 164 g/mol. The molecule has 0 radical (unpaired) electrons. The molecule has 12 heavy (non-hydrogen) atoms. The second-order valence-corrected chi connectivity index (χ2v) is 3.45. The van der Waals surface area contributed by atoms with Crippen molar-refractivity contribution in [2.45, 2.75) is 37.7 Å². The summed E-state index contributed by atoms with van der Waals surface area (Å²) in [5.41, 5.74) is -0.713. The van der Waals surface area contributed by atoms with Gasteiger partial charge in [0.15, 0.2) is 0 Å². The molecule has 0 unspecified atom stereocenters. The lowest BCUT2D eigenvalue weighted by Gasteiger charge is -2.22. The molecule has 1 fully saturated rings. The summed E-state index contributed by atoms with van der Waals surface area (Å²) in [7, 11) is 0. The molecule has 1 rings (SSSR count). The topological polar surface area (TPSA) is 32.3 Å². The molecule has 0 bridgehead atoms. The largest absolute Gasteiger partial charge is 0.389 e. The molecule has 4 heteroatoms. The van der Waals surface area contributed by atoms with Gasteiger partial charge in [-0.25, -0.2) is 8.78 Å². The van der Waals surface area contributed by atoms with Crippen molar-refractivity contribution >= 4 is 0 Å². The first-order valence-corrected chi connectivity index (χ1v) is 4.34. The molecule has 0 amide bonds. The van der Waals surface area contributed by atoms with E-state index in [4.69, 9.17) is 0 Å². The number of nitrogens with one attached hydrogen (secondary N) is 1. The second-order valence-electron chi connectivity index (χ2n) is 3.45. The smallest absolute Gasteiger partial charge is 0.250 e. The van der Waals surface area contributed by atoms with Gasteiger partial charge in [0.1, 0.15) is 0 Å². The Morgan fingerprint density at radius 2 is 1.92 bits per heavy atom. The third-order valence-electron chi connectivity index (χ3n) is 2.29. The van der Waals surface area contributed by atoms with Crippen LogP contribution in [0.3, 0.4) is 0 Å². The van der Waals surface area contributed by atoms with E-state index in [9.17, 15) is 13.9 Å². The molecule has 0 atom stereocenters. The monoisotopic (exact) mass is 179 g/mol. The molecular formula is C8H15F2NO. The van der Waals surface area contributed by atoms with Crippen LogP contribution in [-0.2, 0) is 0 Å². The van der Waals surface area contributed by atoms with Gasteiger partial charge in [-0.2, -0.15) is 0 Å². The van der Waals surface area contributed by atoms with Crippen molar-refractivity contribution in [1.29, 1.82) is 0 Å². The maximum atomic E-state index is 11.7. The van der Waals surface area contributed by atoms with Gasteiger partial charge in [-0.1, -0.05) is 12.8 Å². The molecule has 0 aliphatic heterocycles. The summed E-state index contributed by atoms with van der Waals surface area (Å²) in [6.45, 7) is -0.0142. The molecule has 0 aromatic heterocycles. The van der Waals surface area contributed by atoms with Crippen LogP contribution in [0.5, 0.6) is 0 Å². The first-order valence-electron chi connectivity index (χ1n) is 4.34. The van der Waals surface area contributed by atoms with E-state index < -0.39 is 12.0 Å². The lowest BCUT2D eigenvalue weighted by molar-refractivity contribution is 0.0421. The highest BCUT2D eigenvalue weighted by atomic mass is 19.3. The van der Waals surface area contributed by atoms with E-state index in [-0.39, 0.29) is 6.54 Å².